The van der Waals surface area contributed by atoms with Crippen LogP contribution in [-0.4, -0.2) is 23.9 Å². The Labute approximate surface area is 135 Å². The van der Waals surface area contributed by atoms with E-state index in [1.54, 1.807) is 32.0 Å². The van der Waals surface area contributed by atoms with E-state index in [2.05, 4.69) is 12.2 Å². The van der Waals surface area contributed by atoms with Crippen LogP contribution in [0.25, 0.3) is 0 Å². The molecule has 4 nitrogen and oxygen atoms in total. The number of nitrogens with one attached hydrogen (secondary N) is 1. The first-order chi connectivity index (χ1) is 9.93. The quantitative estimate of drug-likeness (QED) is 0.475. The van der Waals surface area contributed by atoms with Crippen LogP contribution in [0.15, 0.2) is 18.2 Å². The lowest BCUT2D eigenvalue weighted by atomic mass is 10.2. The number of hydrogen-bond acceptors (Lipinski definition) is 4. The maximum absolute atomic E-state index is 11.9. The fourth-order valence-corrected chi connectivity index (χ4v) is 1.90. The van der Waals surface area contributed by atoms with Crippen LogP contribution in [0.5, 0.6) is 0 Å². The molecule has 0 heterocycles. The molecule has 1 aromatic carbocycles. The molecule has 1 rings (SSSR count). The third-order valence-electron chi connectivity index (χ3n) is 2.51. The summed E-state index contributed by atoms with van der Waals surface area (Å²) in [6.45, 7) is 6.21. The molecule has 1 aromatic rings. The van der Waals surface area contributed by atoms with Gasteiger partial charge >= 0.3 is 5.97 Å². The monoisotopic (exact) mass is 329 g/mol. The smallest absolute Gasteiger partial charge is 0.339 e. The van der Waals surface area contributed by atoms with Gasteiger partial charge in [0.15, 0.2) is 0 Å². The summed E-state index contributed by atoms with van der Waals surface area (Å²) in [7, 11) is 0. The fraction of sp³-hybridized carbons (Fsp3) is 0.467. The van der Waals surface area contributed by atoms with E-state index < -0.39 is 5.97 Å². The standard InChI is InChI=1S/C15H20ClNO3S/c1-4-5-8-19-15(21)17-11-6-7-13(16)12(9-11)14(18)20-10(2)3/h6-7,9-10H,4-5,8H2,1-3H3,(H,17,21). The Morgan fingerprint density at radius 3 is 2.76 bits per heavy atom. The largest absolute Gasteiger partial charge is 0.471 e. The molecule has 21 heavy (non-hydrogen) atoms. The van der Waals surface area contributed by atoms with Gasteiger partial charge < -0.3 is 14.8 Å². The molecule has 0 unspecified atom stereocenters. The summed E-state index contributed by atoms with van der Waals surface area (Å²) in [4.78, 5) is 11.9. The summed E-state index contributed by atoms with van der Waals surface area (Å²) in [5.74, 6) is -0.462. The Balaban J connectivity index is 2.72. The van der Waals surface area contributed by atoms with Crippen molar-refractivity contribution in [3.8, 4) is 0 Å². The number of ether oxygens (including phenoxy) is 2. The highest BCUT2D eigenvalue weighted by atomic mass is 35.5. The first kappa shape index (κ1) is 17.7. The predicted molar refractivity (Wildman–Crippen MR) is 89.1 cm³/mol. The second-order valence-electron chi connectivity index (χ2n) is 4.76. The van der Waals surface area contributed by atoms with Crippen LogP contribution in [0.4, 0.5) is 5.69 Å². The summed E-state index contributed by atoms with van der Waals surface area (Å²) < 4.78 is 10.5. The first-order valence-electron chi connectivity index (χ1n) is 6.88. The van der Waals surface area contributed by atoms with E-state index >= 15 is 0 Å². The number of benzene rings is 1. The zero-order chi connectivity index (χ0) is 15.8. The molecule has 0 atom stereocenters. The van der Waals surface area contributed by atoms with Crippen molar-refractivity contribution in [3.63, 3.8) is 0 Å². The number of carbonyl (C=O) groups is 1. The molecule has 0 aromatic heterocycles. The second-order valence-corrected chi connectivity index (χ2v) is 5.54. The van der Waals surface area contributed by atoms with Crippen molar-refractivity contribution in [2.24, 2.45) is 0 Å². The lowest BCUT2D eigenvalue weighted by Gasteiger charge is -2.12. The Morgan fingerprint density at radius 1 is 1.43 bits per heavy atom. The highest BCUT2D eigenvalue weighted by Gasteiger charge is 2.14. The van der Waals surface area contributed by atoms with E-state index in [0.29, 0.717) is 22.9 Å². The third kappa shape index (κ3) is 6.31. The zero-order valence-corrected chi connectivity index (χ0v) is 14.0. The molecule has 6 heteroatoms. The van der Waals surface area contributed by atoms with Gasteiger partial charge in [-0.3, -0.25) is 0 Å². The van der Waals surface area contributed by atoms with E-state index in [9.17, 15) is 4.79 Å². The maximum Gasteiger partial charge on any atom is 0.339 e. The lowest BCUT2D eigenvalue weighted by molar-refractivity contribution is 0.0378. The van der Waals surface area contributed by atoms with Gasteiger partial charge in [0.2, 0.25) is 0 Å². The number of carbonyl (C=O) groups excluding carboxylic acids is 1. The summed E-state index contributed by atoms with van der Waals surface area (Å²) in [5, 5.41) is 3.53. The van der Waals surface area contributed by atoms with Crippen LogP contribution in [0.2, 0.25) is 5.02 Å². The van der Waals surface area contributed by atoms with E-state index in [1.807, 2.05) is 0 Å². The molecule has 0 radical (unpaired) electrons. The highest BCUT2D eigenvalue weighted by molar-refractivity contribution is 7.80. The summed E-state index contributed by atoms with van der Waals surface area (Å²) in [5.41, 5.74) is 0.934. The van der Waals surface area contributed by atoms with Gasteiger partial charge in [-0.2, -0.15) is 0 Å². The minimum atomic E-state index is -0.462. The summed E-state index contributed by atoms with van der Waals surface area (Å²) in [6, 6.07) is 4.95. The summed E-state index contributed by atoms with van der Waals surface area (Å²) >= 11 is 11.1. The van der Waals surface area contributed by atoms with Crippen molar-refractivity contribution in [2.75, 3.05) is 11.9 Å². The number of anilines is 1. The molecule has 0 aliphatic carbocycles. The number of halogens is 1. The van der Waals surface area contributed by atoms with Gasteiger partial charge in [0.1, 0.15) is 0 Å². The number of rotatable bonds is 6. The topological polar surface area (TPSA) is 47.6 Å². The molecular weight excluding hydrogens is 310 g/mol. The first-order valence-corrected chi connectivity index (χ1v) is 7.67. The zero-order valence-electron chi connectivity index (χ0n) is 12.4. The normalized spacial score (nSPS) is 10.3. The maximum atomic E-state index is 11.9. The molecule has 0 aliphatic rings. The molecule has 0 fully saturated rings. The van der Waals surface area contributed by atoms with Gasteiger partial charge in [0.25, 0.3) is 5.17 Å². The van der Waals surface area contributed by atoms with Crippen molar-refractivity contribution in [1.29, 1.82) is 0 Å². The van der Waals surface area contributed by atoms with Gasteiger partial charge in [0, 0.05) is 5.69 Å². The molecule has 116 valence electrons. The van der Waals surface area contributed by atoms with Gasteiger partial charge in [-0.05, 0) is 50.7 Å². The van der Waals surface area contributed by atoms with Crippen molar-refractivity contribution in [1.82, 2.24) is 0 Å². The molecule has 0 amide bonds. The van der Waals surface area contributed by atoms with Crippen molar-refractivity contribution in [3.05, 3.63) is 28.8 Å². The number of thiocarbonyl (C=S) groups is 1. The molecule has 1 N–H and O–H groups in total. The Kier molecular flexibility index (Phi) is 7.47. The van der Waals surface area contributed by atoms with Crippen LogP contribution in [0.1, 0.15) is 44.0 Å². The number of unbranched alkanes of at least 4 members (excludes halogenated alkanes) is 1. The minimum absolute atomic E-state index is 0.205. The average Bonchev–Trinajstić information content (AvgIpc) is 2.40. The molecular formula is C15H20ClNO3S. The number of esters is 1. The average molecular weight is 330 g/mol. The molecule has 0 saturated heterocycles. The third-order valence-corrected chi connectivity index (χ3v) is 3.06. The van der Waals surface area contributed by atoms with Crippen LogP contribution >= 0.6 is 23.8 Å². The highest BCUT2D eigenvalue weighted by Crippen LogP contribution is 2.22. The van der Waals surface area contributed by atoms with Crippen LogP contribution < -0.4 is 5.32 Å². The van der Waals surface area contributed by atoms with E-state index in [0.717, 1.165) is 12.8 Å². The fourth-order valence-electron chi connectivity index (χ4n) is 1.50. The predicted octanol–water partition coefficient (Wildman–Crippen LogP) is 4.42. The molecule has 0 spiro atoms. The van der Waals surface area contributed by atoms with Crippen molar-refractivity contribution in [2.45, 2.75) is 39.7 Å². The van der Waals surface area contributed by atoms with Gasteiger partial charge in [-0.1, -0.05) is 24.9 Å². The molecule has 0 saturated carbocycles. The second kappa shape index (κ2) is 8.85. The number of hydrogen-bond donors (Lipinski definition) is 1. The van der Waals surface area contributed by atoms with Crippen LogP contribution in [0.3, 0.4) is 0 Å². The van der Waals surface area contributed by atoms with E-state index in [-0.39, 0.29) is 11.3 Å². The van der Waals surface area contributed by atoms with Gasteiger partial charge in [0.05, 0.1) is 23.3 Å². The SMILES string of the molecule is CCCCOC(=S)Nc1ccc(Cl)c(C(=O)OC(C)C)c1. The Morgan fingerprint density at radius 2 is 2.14 bits per heavy atom. The lowest BCUT2D eigenvalue weighted by Crippen LogP contribution is -2.15. The van der Waals surface area contributed by atoms with E-state index in [4.69, 9.17) is 33.3 Å². The van der Waals surface area contributed by atoms with E-state index in [1.165, 1.54) is 0 Å². The van der Waals surface area contributed by atoms with Gasteiger partial charge in [-0.15, -0.1) is 0 Å². The van der Waals surface area contributed by atoms with Crippen LogP contribution in [0, 0.1) is 0 Å². The Hall–Kier alpha value is -1.33. The van der Waals surface area contributed by atoms with Crippen molar-refractivity contribution < 1.29 is 14.3 Å². The Bertz CT molecular complexity index is 506. The molecule has 0 aliphatic heterocycles. The van der Waals surface area contributed by atoms with Crippen LogP contribution in [-0.2, 0) is 9.47 Å². The summed E-state index contributed by atoms with van der Waals surface area (Å²) in [6.07, 6.45) is 1.77. The minimum Gasteiger partial charge on any atom is -0.471 e. The van der Waals surface area contributed by atoms with Gasteiger partial charge in [-0.25, -0.2) is 4.79 Å². The molecule has 0 bridgehead atoms. The van der Waals surface area contributed by atoms with Crippen molar-refractivity contribution >= 4 is 40.7 Å².